The maximum atomic E-state index is 10.6. The summed E-state index contributed by atoms with van der Waals surface area (Å²) in [4.78, 5) is 12.9. The average molecular weight is 272 g/mol. The van der Waals surface area contributed by atoms with Gasteiger partial charge in [0.05, 0.1) is 17.9 Å². The van der Waals surface area contributed by atoms with Crippen LogP contribution < -0.4 is 0 Å². The van der Waals surface area contributed by atoms with Crippen LogP contribution in [0.1, 0.15) is 30.9 Å². The van der Waals surface area contributed by atoms with Crippen LogP contribution in [0.5, 0.6) is 0 Å². The fraction of sp³-hybridized carbons (Fsp3) is 0.500. The second-order valence-electron chi connectivity index (χ2n) is 5.87. The number of hydrogen-bond acceptors (Lipinski definition) is 3. The number of piperidine rings is 1. The Morgan fingerprint density at radius 1 is 1.40 bits per heavy atom. The minimum absolute atomic E-state index is 0.0660. The predicted molar refractivity (Wildman–Crippen MR) is 76.0 cm³/mol. The summed E-state index contributed by atoms with van der Waals surface area (Å²) in [7, 11) is 0. The van der Waals surface area contributed by atoms with E-state index in [9.17, 15) is 10.1 Å². The largest absolute Gasteiger partial charge is 0.481 e. The van der Waals surface area contributed by atoms with E-state index in [1.807, 2.05) is 31.2 Å². The minimum atomic E-state index is -0.807. The molecule has 0 saturated carbocycles. The highest BCUT2D eigenvalue weighted by atomic mass is 16.4. The number of carboxylic acids is 1. The van der Waals surface area contributed by atoms with E-state index in [2.05, 4.69) is 11.0 Å². The molecule has 4 nitrogen and oxygen atoms in total. The Bertz CT molecular complexity index is 518. The van der Waals surface area contributed by atoms with Gasteiger partial charge in [-0.2, -0.15) is 5.26 Å². The minimum Gasteiger partial charge on any atom is -0.481 e. The van der Waals surface area contributed by atoms with Crippen LogP contribution in [0, 0.1) is 16.7 Å². The smallest absolute Gasteiger partial charge is 0.307 e. The third kappa shape index (κ3) is 3.82. The maximum absolute atomic E-state index is 10.6. The molecule has 1 aromatic rings. The number of hydrogen-bond donors (Lipinski definition) is 1. The monoisotopic (exact) mass is 272 g/mol. The predicted octanol–water partition coefficient (Wildman–Crippen LogP) is 2.44. The first kappa shape index (κ1) is 14.5. The Hall–Kier alpha value is -1.86. The fourth-order valence-corrected chi connectivity index (χ4v) is 2.77. The van der Waals surface area contributed by atoms with Crippen molar-refractivity contribution in [2.24, 2.45) is 5.41 Å². The highest BCUT2D eigenvalue weighted by Gasteiger charge is 2.30. The lowest BCUT2D eigenvalue weighted by molar-refractivity contribution is -0.136. The molecule has 2 rings (SSSR count). The van der Waals surface area contributed by atoms with Gasteiger partial charge in [-0.1, -0.05) is 24.3 Å². The van der Waals surface area contributed by atoms with Gasteiger partial charge < -0.3 is 5.11 Å². The fourth-order valence-electron chi connectivity index (χ4n) is 2.77. The summed E-state index contributed by atoms with van der Waals surface area (Å²) < 4.78 is 0. The van der Waals surface area contributed by atoms with E-state index < -0.39 is 5.97 Å². The third-order valence-electron chi connectivity index (χ3n) is 3.83. The number of benzene rings is 1. The van der Waals surface area contributed by atoms with Gasteiger partial charge in [0, 0.05) is 13.1 Å². The first-order chi connectivity index (χ1) is 9.50. The van der Waals surface area contributed by atoms with E-state index in [1.165, 1.54) is 5.56 Å². The van der Waals surface area contributed by atoms with Crippen molar-refractivity contribution in [2.45, 2.75) is 32.7 Å². The van der Waals surface area contributed by atoms with Gasteiger partial charge >= 0.3 is 5.97 Å². The maximum Gasteiger partial charge on any atom is 0.307 e. The van der Waals surface area contributed by atoms with E-state index in [-0.39, 0.29) is 11.8 Å². The Morgan fingerprint density at radius 3 is 2.65 bits per heavy atom. The van der Waals surface area contributed by atoms with Crippen LogP contribution >= 0.6 is 0 Å². The standard InChI is InChI=1S/C16H20N2O2/c1-16(11-17)7-2-8-18(12-16)10-14-5-3-13(4-6-14)9-15(19)20/h3-6H,2,7-10,12H2,1H3,(H,19,20)/t16-/m1/s1. The summed E-state index contributed by atoms with van der Waals surface area (Å²) in [5.41, 5.74) is 1.75. The van der Waals surface area contributed by atoms with Crippen molar-refractivity contribution < 1.29 is 9.90 Å². The first-order valence-corrected chi connectivity index (χ1v) is 6.94. The molecule has 0 bridgehead atoms. The Morgan fingerprint density at radius 2 is 2.05 bits per heavy atom. The molecule has 0 unspecified atom stereocenters. The summed E-state index contributed by atoms with van der Waals surface area (Å²) in [6, 6.07) is 10.1. The van der Waals surface area contributed by atoms with Gasteiger partial charge in [0.1, 0.15) is 0 Å². The van der Waals surface area contributed by atoms with Crippen LogP contribution in [0.25, 0.3) is 0 Å². The van der Waals surface area contributed by atoms with E-state index in [0.717, 1.165) is 38.0 Å². The molecule has 1 saturated heterocycles. The molecule has 1 aliphatic rings. The van der Waals surface area contributed by atoms with Gasteiger partial charge in [0.2, 0.25) is 0 Å². The summed E-state index contributed by atoms with van der Waals surface area (Å²) in [5, 5.41) is 18.0. The number of rotatable bonds is 4. The Labute approximate surface area is 119 Å². The van der Waals surface area contributed by atoms with E-state index in [4.69, 9.17) is 5.11 Å². The van der Waals surface area contributed by atoms with E-state index >= 15 is 0 Å². The first-order valence-electron chi connectivity index (χ1n) is 6.94. The lowest BCUT2D eigenvalue weighted by atomic mass is 9.83. The molecule has 0 aliphatic carbocycles. The number of nitriles is 1. The molecule has 4 heteroatoms. The van der Waals surface area contributed by atoms with Crippen LogP contribution in [0.15, 0.2) is 24.3 Å². The Balaban J connectivity index is 1.96. The van der Waals surface area contributed by atoms with Crippen molar-refractivity contribution >= 4 is 5.97 Å². The molecule has 1 aromatic carbocycles. The van der Waals surface area contributed by atoms with Crippen molar-refractivity contribution in [1.29, 1.82) is 5.26 Å². The molecule has 1 aliphatic heterocycles. The lowest BCUT2D eigenvalue weighted by Gasteiger charge is -2.35. The van der Waals surface area contributed by atoms with Crippen molar-refractivity contribution in [3.05, 3.63) is 35.4 Å². The third-order valence-corrected chi connectivity index (χ3v) is 3.83. The van der Waals surface area contributed by atoms with E-state index in [1.54, 1.807) is 0 Å². The summed E-state index contributed by atoms with van der Waals surface area (Å²) in [6.07, 6.45) is 2.09. The molecular formula is C16H20N2O2. The van der Waals surface area contributed by atoms with Gasteiger partial charge in [0.25, 0.3) is 0 Å². The number of carbonyl (C=O) groups is 1. The molecule has 20 heavy (non-hydrogen) atoms. The van der Waals surface area contributed by atoms with Gasteiger partial charge in [-0.3, -0.25) is 9.69 Å². The zero-order valence-electron chi connectivity index (χ0n) is 11.8. The zero-order valence-corrected chi connectivity index (χ0v) is 11.8. The lowest BCUT2D eigenvalue weighted by Crippen LogP contribution is -2.40. The molecule has 1 fully saturated rings. The van der Waals surface area contributed by atoms with Crippen LogP contribution in [0.3, 0.4) is 0 Å². The van der Waals surface area contributed by atoms with Crippen molar-refractivity contribution in [3.63, 3.8) is 0 Å². The average Bonchev–Trinajstić information content (AvgIpc) is 2.41. The highest BCUT2D eigenvalue weighted by Crippen LogP contribution is 2.29. The molecule has 1 atom stereocenters. The molecule has 1 heterocycles. The normalized spacial score (nSPS) is 23.2. The topological polar surface area (TPSA) is 64.3 Å². The quantitative estimate of drug-likeness (QED) is 0.914. The van der Waals surface area contributed by atoms with Crippen LogP contribution in [-0.2, 0) is 17.8 Å². The van der Waals surface area contributed by atoms with Crippen molar-refractivity contribution in [1.82, 2.24) is 4.90 Å². The Kier molecular flexibility index (Phi) is 4.41. The highest BCUT2D eigenvalue weighted by molar-refractivity contribution is 5.70. The molecule has 0 spiro atoms. The van der Waals surface area contributed by atoms with Gasteiger partial charge in [-0.05, 0) is 37.4 Å². The van der Waals surface area contributed by atoms with Crippen molar-refractivity contribution in [2.75, 3.05) is 13.1 Å². The number of aliphatic carboxylic acids is 1. The van der Waals surface area contributed by atoms with Crippen LogP contribution in [0.2, 0.25) is 0 Å². The van der Waals surface area contributed by atoms with Crippen LogP contribution in [0.4, 0.5) is 0 Å². The molecule has 0 radical (unpaired) electrons. The molecule has 0 aromatic heterocycles. The van der Waals surface area contributed by atoms with Gasteiger partial charge in [-0.15, -0.1) is 0 Å². The summed E-state index contributed by atoms with van der Waals surface area (Å²) in [5.74, 6) is -0.807. The van der Waals surface area contributed by atoms with Gasteiger partial charge in [0.15, 0.2) is 0 Å². The van der Waals surface area contributed by atoms with Crippen molar-refractivity contribution in [3.8, 4) is 6.07 Å². The molecular weight excluding hydrogens is 252 g/mol. The SMILES string of the molecule is C[C@]1(C#N)CCCN(Cc2ccc(CC(=O)O)cc2)C1. The summed E-state index contributed by atoms with van der Waals surface area (Å²) in [6.45, 7) is 4.67. The number of carboxylic acid groups (broad SMARTS) is 1. The molecule has 106 valence electrons. The summed E-state index contributed by atoms with van der Waals surface area (Å²) >= 11 is 0. The number of nitrogens with zero attached hydrogens (tertiary/aromatic N) is 2. The molecule has 1 N–H and O–H groups in total. The zero-order chi connectivity index (χ0) is 14.6. The van der Waals surface area contributed by atoms with Gasteiger partial charge in [-0.25, -0.2) is 0 Å². The molecule has 0 amide bonds. The van der Waals surface area contributed by atoms with E-state index in [0.29, 0.717) is 0 Å². The second kappa shape index (κ2) is 6.06. The second-order valence-corrected chi connectivity index (χ2v) is 5.87. The number of likely N-dealkylation sites (tertiary alicyclic amines) is 1. The van der Waals surface area contributed by atoms with Crippen LogP contribution in [-0.4, -0.2) is 29.1 Å².